The molecule has 0 aliphatic rings. The van der Waals surface area contributed by atoms with Crippen LogP contribution in [0.15, 0.2) is 24.3 Å². The minimum absolute atomic E-state index is 0.544. The zero-order valence-electron chi connectivity index (χ0n) is 12.5. The average Bonchev–Trinajstić information content (AvgIpc) is 2.71. The van der Waals surface area contributed by atoms with Crippen LogP contribution in [0, 0.1) is 20.8 Å². The Morgan fingerprint density at radius 3 is 2.70 bits per heavy atom. The maximum Gasteiger partial charge on any atom is 0.119 e. The third-order valence-corrected chi connectivity index (χ3v) is 3.66. The Morgan fingerprint density at radius 2 is 2.05 bits per heavy atom. The monoisotopic (exact) mass is 273 g/mol. The Morgan fingerprint density at radius 1 is 1.25 bits per heavy atom. The van der Waals surface area contributed by atoms with Crippen LogP contribution in [0.5, 0.6) is 5.75 Å². The number of nitrogens with two attached hydrogens (primary N) is 1. The van der Waals surface area contributed by atoms with E-state index in [9.17, 15) is 0 Å². The first kappa shape index (κ1) is 14.6. The standard InChI is InChI=1S/C16H23N3O/c1-12-13(2)18-19(14(12)3)8-5-9-20-16-7-4-6-15(10-16)11-17/h4,6-7,10H,5,8-9,11,17H2,1-3H3. The summed E-state index contributed by atoms with van der Waals surface area (Å²) in [7, 11) is 0. The van der Waals surface area contributed by atoms with Crippen molar-refractivity contribution in [3.63, 3.8) is 0 Å². The summed E-state index contributed by atoms with van der Waals surface area (Å²) in [5, 5.41) is 4.53. The van der Waals surface area contributed by atoms with Gasteiger partial charge in [0.2, 0.25) is 0 Å². The lowest BCUT2D eigenvalue weighted by Gasteiger charge is -2.08. The maximum atomic E-state index is 5.75. The summed E-state index contributed by atoms with van der Waals surface area (Å²) in [4.78, 5) is 0. The molecule has 0 saturated carbocycles. The van der Waals surface area contributed by atoms with Gasteiger partial charge >= 0.3 is 0 Å². The highest BCUT2D eigenvalue weighted by Crippen LogP contribution is 2.14. The molecule has 0 unspecified atom stereocenters. The van der Waals surface area contributed by atoms with E-state index >= 15 is 0 Å². The maximum absolute atomic E-state index is 5.75. The van der Waals surface area contributed by atoms with E-state index < -0.39 is 0 Å². The molecule has 0 atom stereocenters. The van der Waals surface area contributed by atoms with Gasteiger partial charge < -0.3 is 10.5 Å². The molecule has 0 fully saturated rings. The first-order valence-electron chi connectivity index (χ1n) is 7.04. The van der Waals surface area contributed by atoms with Crippen LogP contribution in [-0.2, 0) is 13.1 Å². The van der Waals surface area contributed by atoms with Gasteiger partial charge in [0.05, 0.1) is 12.3 Å². The molecule has 2 N–H and O–H groups in total. The third kappa shape index (κ3) is 3.39. The van der Waals surface area contributed by atoms with Gasteiger partial charge in [-0.05, 0) is 44.0 Å². The number of nitrogens with zero attached hydrogens (tertiary/aromatic N) is 2. The van der Waals surface area contributed by atoms with E-state index in [4.69, 9.17) is 10.5 Å². The van der Waals surface area contributed by atoms with Crippen molar-refractivity contribution in [3.8, 4) is 5.75 Å². The van der Waals surface area contributed by atoms with Crippen molar-refractivity contribution < 1.29 is 4.74 Å². The summed E-state index contributed by atoms with van der Waals surface area (Å²) in [6, 6.07) is 7.94. The number of rotatable bonds is 6. The van der Waals surface area contributed by atoms with Gasteiger partial charge in [-0.15, -0.1) is 0 Å². The van der Waals surface area contributed by atoms with Gasteiger partial charge in [0.1, 0.15) is 5.75 Å². The second kappa shape index (κ2) is 6.57. The number of hydrogen-bond acceptors (Lipinski definition) is 3. The van der Waals surface area contributed by atoms with Gasteiger partial charge in [-0.2, -0.15) is 5.10 Å². The first-order chi connectivity index (χ1) is 9.61. The van der Waals surface area contributed by atoms with Crippen LogP contribution in [0.4, 0.5) is 0 Å². The first-order valence-corrected chi connectivity index (χ1v) is 7.04. The van der Waals surface area contributed by atoms with Crippen LogP contribution in [0.2, 0.25) is 0 Å². The molecule has 2 aromatic rings. The van der Waals surface area contributed by atoms with Gasteiger partial charge in [0.25, 0.3) is 0 Å². The summed E-state index contributed by atoms with van der Waals surface area (Å²) >= 11 is 0. The SMILES string of the molecule is Cc1nn(CCCOc2cccc(CN)c2)c(C)c1C. The van der Waals surface area contributed by atoms with E-state index in [0.717, 1.165) is 30.0 Å². The summed E-state index contributed by atoms with van der Waals surface area (Å²) in [6.45, 7) is 8.39. The van der Waals surface area contributed by atoms with Gasteiger partial charge in [-0.25, -0.2) is 0 Å². The molecule has 0 amide bonds. The second-order valence-corrected chi connectivity index (χ2v) is 5.07. The van der Waals surface area contributed by atoms with E-state index in [1.165, 1.54) is 11.3 Å². The second-order valence-electron chi connectivity index (χ2n) is 5.07. The molecule has 0 aliphatic heterocycles. The lowest BCUT2D eigenvalue weighted by molar-refractivity contribution is 0.297. The van der Waals surface area contributed by atoms with Gasteiger partial charge in [0.15, 0.2) is 0 Å². The van der Waals surface area contributed by atoms with E-state index in [1.807, 2.05) is 31.2 Å². The molecule has 1 heterocycles. The van der Waals surface area contributed by atoms with Gasteiger partial charge in [0, 0.05) is 25.2 Å². The van der Waals surface area contributed by atoms with E-state index in [2.05, 4.69) is 23.6 Å². The molecular weight excluding hydrogens is 250 g/mol. The number of aryl methyl sites for hydroxylation is 2. The Hall–Kier alpha value is -1.81. The number of aromatic nitrogens is 2. The topological polar surface area (TPSA) is 53.1 Å². The smallest absolute Gasteiger partial charge is 0.119 e. The predicted molar refractivity (Wildman–Crippen MR) is 80.9 cm³/mol. The van der Waals surface area contributed by atoms with Crippen molar-refractivity contribution in [2.75, 3.05) is 6.61 Å². The zero-order valence-corrected chi connectivity index (χ0v) is 12.5. The summed E-state index contributed by atoms with van der Waals surface area (Å²) < 4.78 is 7.81. The highest BCUT2D eigenvalue weighted by Gasteiger charge is 2.06. The van der Waals surface area contributed by atoms with Crippen molar-refractivity contribution >= 4 is 0 Å². The lowest BCUT2D eigenvalue weighted by atomic mass is 10.2. The average molecular weight is 273 g/mol. The van der Waals surface area contributed by atoms with Crippen LogP contribution in [0.25, 0.3) is 0 Å². The van der Waals surface area contributed by atoms with E-state index in [0.29, 0.717) is 13.2 Å². The molecule has 0 spiro atoms. The molecule has 20 heavy (non-hydrogen) atoms. The Balaban J connectivity index is 1.82. The quantitative estimate of drug-likeness (QED) is 0.823. The van der Waals surface area contributed by atoms with Crippen LogP contribution in [0.1, 0.15) is 28.9 Å². The van der Waals surface area contributed by atoms with Crippen LogP contribution < -0.4 is 10.5 Å². The fraction of sp³-hybridized carbons (Fsp3) is 0.438. The lowest BCUT2D eigenvalue weighted by Crippen LogP contribution is -2.07. The number of hydrogen-bond donors (Lipinski definition) is 1. The van der Waals surface area contributed by atoms with Crippen LogP contribution in [-0.4, -0.2) is 16.4 Å². The highest BCUT2D eigenvalue weighted by molar-refractivity contribution is 5.28. The largest absolute Gasteiger partial charge is 0.494 e. The fourth-order valence-electron chi connectivity index (χ4n) is 2.17. The molecule has 4 heteroatoms. The number of benzene rings is 1. The third-order valence-electron chi connectivity index (χ3n) is 3.66. The minimum Gasteiger partial charge on any atom is -0.494 e. The number of ether oxygens (including phenoxy) is 1. The molecule has 2 rings (SSSR count). The molecule has 108 valence electrons. The van der Waals surface area contributed by atoms with Gasteiger partial charge in [-0.3, -0.25) is 4.68 Å². The van der Waals surface area contributed by atoms with Crippen molar-refractivity contribution in [3.05, 3.63) is 46.8 Å². The predicted octanol–water partition coefficient (Wildman–Crippen LogP) is 2.74. The molecule has 0 radical (unpaired) electrons. The molecule has 1 aromatic carbocycles. The van der Waals surface area contributed by atoms with E-state index in [-0.39, 0.29) is 0 Å². The highest BCUT2D eigenvalue weighted by atomic mass is 16.5. The minimum atomic E-state index is 0.544. The fourth-order valence-corrected chi connectivity index (χ4v) is 2.17. The van der Waals surface area contributed by atoms with Crippen LogP contribution in [0.3, 0.4) is 0 Å². The van der Waals surface area contributed by atoms with Crippen molar-refractivity contribution in [2.24, 2.45) is 5.73 Å². The molecule has 0 bridgehead atoms. The van der Waals surface area contributed by atoms with E-state index in [1.54, 1.807) is 0 Å². The Labute approximate surface area is 120 Å². The summed E-state index contributed by atoms with van der Waals surface area (Å²) in [6.07, 6.45) is 0.939. The van der Waals surface area contributed by atoms with Crippen molar-refractivity contribution in [1.82, 2.24) is 9.78 Å². The molecule has 0 saturated heterocycles. The normalized spacial score (nSPS) is 10.8. The van der Waals surface area contributed by atoms with Crippen LogP contribution >= 0.6 is 0 Å². The molecule has 4 nitrogen and oxygen atoms in total. The Kier molecular flexibility index (Phi) is 4.79. The van der Waals surface area contributed by atoms with Gasteiger partial charge in [-0.1, -0.05) is 12.1 Å². The summed E-state index contributed by atoms with van der Waals surface area (Å²) in [5.74, 6) is 0.887. The Bertz CT molecular complexity index is 575. The molecule has 0 aliphatic carbocycles. The van der Waals surface area contributed by atoms with Crippen molar-refractivity contribution in [2.45, 2.75) is 40.3 Å². The van der Waals surface area contributed by atoms with Crippen molar-refractivity contribution in [1.29, 1.82) is 0 Å². The molecule has 1 aromatic heterocycles. The summed E-state index contributed by atoms with van der Waals surface area (Å²) in [5.41, 5.74) is 10.3. The zero-order chi connectivity index (χ0) is 14.5. The molecular formula is C16H23N3O.